The van der Waals surface area contributed by atoms with E-state index in [4.69, 9.17) is 0 Å². The van der Waals surface area contributed by atoms with E-state index >= 15 is 0 Å². The minimum atomic E-state index is 1.07. The zero-order chi connectivity index (χ0) is 9.59. The topological polar surface area (TPSA) is 12.9 Å². The molecule has 68 valence electrons. The van der Waals surface area contributed by atoms with Crippen LogP contribution in [0.2, 0.25) is 0 Å². The maximum Gasteiger partial charge on any atom is 0.0960 e. The Labute approximate surface area is 97.4 Å². The fourth-order valence-corrected chi connectivity index (χ4v) is 3.57. The number of thiazole rings is 1. The van der Waals surface area contributed by atoms with Gasteiger partial charge in [-0.25, -0.2) is 4.98 Å². The number of aromatic nitrogens is 1. The highest BCUT2D eigenvalue weighted by atomic mass is 79.9. The number of benzene rings is 1. The Morgan fingerprint density at radius 2 is 2.00 bits per heavy atom. The average molecular weight is 321 g/mol. The lowest BCUT2D eigenvalue weighted by Crippen LogP contribution is -1.80. The van der Waals surface area contributed by atoms with Gasteiger partial charge in [-0.05, 0) is 41.4 Å². The van der Waals surface area contributed by atoms with Gasteiger partial charge in [-0.1, -0.05) is 15.9 Å². The van der Waals surface area contributed by atoms with Crippen LogP contribution in [0.4, 0.5) is 0 Å². The van der Waals surface area contributed by atoms with Crippen LogP contribution >= 0.6 is 43.2 Å². The normalized spacial score (nSPS) is 11.1. The number of aryl methyl sites for hydroxylation is 1. The van der Waals surface area contributed by atoms with Gasteiger partial charge in [0, 0.05) is 8.95 Å². The second kappa shape index (κ2) is 3.33. The molecule has 0 fully saturated rings. The van der Waals surface area contributed by atoms with Gasteiger partial charge in [0.2, 0.25) is 0 Å². The van der Waals surface area contributed by atoms with E-state index in [1.54, 1.807) is 11.3 Å². The largest absolute Gasteiger partial charge is 0.240 e. The highest BCUT2D eigenvalue weighted by Gasteiger charge is 2.09. The minimum Gasteiger partial charge on any atom is -0.240 e. The lowest BCUT2D eigenvalue weighted by atomic mass is 10.2. The second-order valence-corrected chi connectivity index (χ2v) is 5.76. The number of rotatable bonds is 0. The van der Waals surface area contributed by atoms with Gasteiger partial charge in [0.15, 0.2) is 0 Å². The van der Waals surface area contributed by atoms with Crippen molar-refractivity contribution < 1.29 is 0 Å². The summed E-state index contributed by atoms with van der Waals surface area (Å²) < 4.78 is 3.46. The molecule has 4 heteroatoms. The highest BCUT2D eigenvalue weighted by molar-refractivity contribution is 9.11. The molecule has 0 aliphatic heterocycles. The lowest BCUT2D eigenvalue weighted by Gasteiger charge is -2.01. The molecule has 0 spiro atoms. The predicted octanol–water partition coefficient (Wildman–Crippen LogP) is 4.44. The van der Waals surface area contributed by atoms with Gasteiger partial charge in [-0.15, -0.1) is 11.3 Å². The molecule has 2 rings (SSSR count). The van der Waals surface area contributed by atoms with Crippen LogP contribution in [0.15, 0.2) is 15.0 Å². The highest BCUT2D eigenvalue weighted by Crippen LogP contribution is 2.35. The van der Waals surface area contributed by atoms with Crippen LogP contribution in [-0.2, 0) is 0 Å². The summed E-state index contributed by atoms with van der Waals surface area (Å²) in [7, 11) is 0. The molecule has 0 radical (unpaired) electrons. The summed E-state index contributed by atoms with van der Waals surface area (Å²) in [6.45, 7) is 4.10. The molecular weight excluding hydrogens is 314 g/mol. The molecule has 0 atom stereocenters. The van der Waals surface area contributed by atoms with Crippen LogP contribution in [0.3, 0.4) is 0 Å². The summed E-state index contributed by atoms with van der Waals surface area (Å²) in [5, 5.41) is 1.10. The van der Waals surface area contributed by atoms with Crippen molar-refractivity contribution in [3.05, 3.63) is 25.6 Å². The first-order valence-electron chi connectivity index (χ1n) is 3.81. The first-order valence-corrected chi connectivity index (χ1v) is 6.21. The molecule has 0 unspecified atom stereocenters. The third-order valence-corrected chi connectivity index (χ3v) is 4.63. The van der Waals surface area contributed by atoms with Crippen molar-refractivity contribution in [2.24, 2.45) is 0 Å². The van der Waals surface area contributed by atoms with Gasteiger partial charge in [-0.3, -0.25) is 0 Å². The summed E-state index contributed by atoms with van der Waals surface area (Å²) in [5.74, 6) is 0. The Bertz CT molecular complexity index is 476. The van der Waals surface area contributed by atoms with Crippen LogP contribution in [0, 0.1) is 13.8 Å². The van der Waals surface area contributed by atoms with Crippen molar-refractivity contribution in [1.29, 1.82) is 0 Å². The third kappa shape index (κ3) is 1.55. The van der Waals surface area contributed by atoms with E-state index in [0.29, 0.717) is 0 Å². The molecule has 0 aliphatic carbocycles. The number of hydrogen-bond acceptors (Lipinski definition) is 2. The van der Waals surface area contributed by atoms with Crippen molar-refractivity contribution >= 4 is 53.4 Å². The third-order valence-electron chi connectivity index (χ3n) is 1.91. The number of halogens is 2. The molecule has 0 saturated carbocycles. The Morgan fingerprint density at radius 3 is 2.69 bits per heavy atom. The fourth-order valence-electron chi connectivity index (χ4n) is 1.20. The van der Waals surface area contributed by atoms with E-state index < -0.39 is 0 Å². The molecule has 0 bridgehead atoms. The van der Waals surface area contributed by atoms with E-state index in [1.165, 1.54) is 10.3 Å². The van der Waals surface area contributed by atoms with E-state index in [9.17, 15) is 0 Å². The predicted molar refractivity (Wildman–Crippen MR) is 64.5 cm³/mol. The zero-order valence-electron chi connectivity index (χ0n) is 7.19. The summed E-state index contributed by atoms with van der Waals surface area (Å²) in [6.07, 6.45) is 0. The first-order chi connectivity index (χ1) is 6.09. The number of hydrogen-bond donors (Lipinski definition) is 0. The smallest absolute Gasteiger partial charge is 0.0960 e. The van der Waals surface area contributed by atoms with Gasteiger partial charge in [0.1, 0.15) is 0 Å². The molecule has 0 amide bonds. The second-order valence-electron chi connectivity index (χ2n) is 2.88. The van der Waals surface area contributed by atoms with Gasteiger partial charge in [0.05, 0.1) is 15.2 Å². The summed E-state index contributed by atoms with van der Waals surface area (Å²) in [4.78, 5) is 4.47. The molecule has 1 aromatic heterocycles. The number of fused-ring (bicyclic) bond motifs is 1. The average Bonchev–Trinajstić information content (AvgIpc) is 2.42. The number of nitrogens with zero attached hydrogens (tertiary/aromatic N) is 1. The van der Waals surface area contributed by atoms with Crippen molar-refractivity contribution in [2.45, 2.75) is 13.8 Å². The molecule has 1 aromatic carbocycles. The maximum absolute atomic E-state index is 4.47. The Morgan fingerprint density at radius 1 is 1.31 bits per heavy atom. The van der Waals surface area contributed by atoms with Crippen molar-refractivity contribution in [1.82, 2.24) is 4.98 Å². The van der Waals surface area contributed by atoms with Crippen molar-refractivity contribution in [3.63, 3.8) is 0 Å². The van der Waals surface area contributed by atoms with Gasteiger partial charge in [-0.2, -0.15) is 0 Å². The van der Waals surface area contributed by atoms with E-state index in [0.717, 1.165) is 19.5 Å². The molecular formula is C9H7Br2NS. The monoisotopic (exact) mass is 319 g/mol. The van der Waals surface area contributed by atoms with Crippen molar-refractivity contribution in [3.8, 4) is 0 Å². The Hall–Kier alpha value is 0.0700. The van der Waals surface area contributed by atoms with Crippen molar-refractivity contribution in [2.75, 3.05) is 0 Å². The van der Waals surface area contributed by atoms with Gasteiger partial charge < -0.3 is 0 Å². The molecule has 0 saturated heterocycles. The summed E-state index contributed by atoms with van der Waals surface area (Å²) in [6, 6.07) is 2.13. The standard InChI is InChI=1S/C9H7Br2NS/c1-4-6(10)3-7-9(8(4)11)12-5(2)13-7/h3H,1-2H3. The molecule has 2 aromatic rings. The Balaban J connectivity index is 2.92. The summed E-state index contributed by atoms with van der Waals surface area (Å²) >= 11 is 8.80. The minimum absolute atomic E-state index is 1.07. The molecule has 0 N–H and O–H groups in total. The zero-order valence-corrected chi connectivity index (χ0v) is 11.2. The van der Waals surface area contributed by atoms with Crippen LogP contribution < -0.4 is 0 Å². The van der Waals surface area contributed by atoms with Gasteiger partial charge in [0.25, 0.3) is 0 Å². The lowest BCUT2D eigenvalue weighted by molar-refractivity contribution is 1.32. The van der Waals surface area contributed by atoms with E-state index in [2.05, 4.69) is 49.8 Å². The van der Waals surface area contributed by atoms with Crippen LogP contribution in [0.5, 0.6) is 0 Å². The summed E-state index contributed by atoms with van der Waals surface area (Å²) in [5.41, 5.74) is 2.28. The van der Waals surface area contributed by atoms with E-state index in [1.807, 2.05) is 6.92 Å². The van der Waals surface area contributed by atoms with Crippen LogP contribution in [-0.4, -0.2) is 4.98 Å². The van der Waals surface area contributed by atoms with Gasteiger partial charge >= 0.3 is 0 Å². The molecule has 13 heavy (non-hydrogen) atoms. The maximum atomic E-state index is 4.47. The van der Waals surface area contributed by atoms with E-state index in [-0.39, 0.29) is 0 Å². The SMILES string of the molecule is Cc1nc2c(Br)c(C)c(Br)cc2s1. The Kier molecular flexibility index (Phi) is 2.47. The fraction of sp³-hybridized carbons (Fsp3) is 0.222. The van der Waals surface area contributed by atoms with Crippen LogP contribution in [0.25, 0.3) is 10.2 Å². The molecule has 1 heterocycles. The first kappa shape index (κ1) is 9.62. The molecule has 0 aliphatic rings. The van der Waals surface area contributed by atoms with Crippen LogP contribution in [0.1, 0.15) is 10.6 Å². The molecule has 1 nitrogen and oxygen atoms in total. The quantitative estimate of drug-likeness (QED) is 0.699.